The Morgan fingerprint density at radius 1 is 1.13 bits per heavy atom. The SMILES string of the molecule is Cc1ccc(Cl)cc1S(=O)(=O)N1CCC[C@H](C(=O)NC23CC4CC(CC(C4)C2)C3)C1. The molecule has 1 saturated heterocycles. The van der Waals surface area contributed by atoms with Crippen LogP contribution in [0.15, 0.2) is 23.1 Å². The van der Waals surface area contributed by atoms with Crippen molar-refractivity contribution in [2.24, 2.45) is 23.7 Å². The van der Waals surface area contributed by atoms with Crippen molar-refractivity contribution in [3.8, 4) is 0 Å². The van der Waals surface area contributed by atoms with Crippen molar-refractivity contribution in [2.75, 3.05) is 13.1 Å². The zero-order chi connectivity index (χ0) is 21.1. The summed E-state index contributed by atoms with van der Waals surface area (Å²) in [6.07, 6.45) is 8.80. The number of hydrogen-bond donors (Lipinski definition) is 1. The van der Waals surface area contributed by atoms with Crippen LogP contribution in [0.1, 0.15) is 56.9 Å². The number of rotatable bonds is 4. The van der Waals surface area contributed by atoms with E-state index in [1.807, 2.05) is 0 Å². The first-order valence-corrected chi connectivity index (χ1v) is 13.1. The summed E-state index contributed by atoms with van der Waals surface area (Å²) in [6, 6.07) is 4.95. The molecule has 4 bridgehead atoms. The summed E-state index contributed by atoms with van der Waals surface area (Å²) < 4.78 is 28.0. The van der Waals surface area contributed by atoms with Crippen LogP contribution in [0.4, 0.5) is 0 Å². The van der Waals surface area contributed by atoms with E-state index in [0.717, 1.165) is 43.4 Å². The minimum Gasteiger partial charge on any atom is -0.350 e. The molecule has 5 aliphatic rings. The number of hydrogen-bond acceptors (Lipinski definition) is 3. The fraction of sp³-hybridized carbons (Fsp3) is 0.696. The number of nitrogens with zero attached hydrogens (tertiary/aromatic N) is 1. The number of carbonyl (C=O) groups is 1. The average molecular weight is 451 g/mol. The number of sulfonamides is 1. The molecule has 5 fully saturated rings. The van der Waals surface area contributed by atoms with Gasteiger partial charge in [0.1, 0.15) is 0 Å². The number of carbonyl (C=O) groups excluding carboxylic acids is 1. The topological polar surface area (TPSA) is 66.5 Å². The van der Waals surface area contributed by atoms with E-state index < -0.39 is 10.0 Å². The number of piperidine rings is 1. The van der Waals surface area contributed by atoms with Crippen molar-refractivity contribution in [1.82, 2.24) is 9.62 Å². The van der Waals surface area contributed by atoms with Gasteiger partial charge in [-0.05, 0) is 93.7 Å². The molecule has 0 unspecified atom stereocenters. The van der Waals surface area contributed by atoms with Gasteiger partial charge in [-0.3, -0.25) is 4.79 Å². The number of nitrogens with one attached hydrogen (secondary N) is 1. The van der Waals surface area contributed by atoms with Crippen LogP contribution in [0.3, 0.4) is 0 Å². The van der Waals surface area contributed by atoms with E-state index in [2.05, 4.69) is 5.32 Å². The summed E-state index contributed by atoms with van der Waals surface area (Å²) in [5.41, 5.74) is 0.649. The van der Waals surface area contributed by atoms with Crippen molar-refractivity contribution >= 4 is 27.5 Å². The minimum atomic E-state index is -3.67. The maximum absolute atomic E-state index is 13.3. The Kier molecular flexibility index (Phi) is 5.19. The van der Waals surface area contributed by atoms with Crippen LogP contribution in [0, 0.1) is 30.6 Å². The van der Waals surface area contributed by atoms with E-state index in [4.69, 9.17) is 11.6 Å². The summed E-state index contributed by atoms with van der Waals surface area (Å²) >= 11 is 6.07. The molecule has 30 heavy (non-hydrogen) atoms. The van der Waals surface area contributed by atoms with Crippen LogP contribution < -0.4 is 5.32 Å². The van der Waals surface area contributed by atoms with E-state index in [-0.39, 0.29) is 28.8 Å². The lowest BCUT2D eigenvalue weighted by Gasteiger charge is -2.57. The predicted octanol–water partition coefficient (Wildman–Crippen LogP) is 4.13. The normalized spacial score (nSPS) is 36.1. The van der Waals surface area contributed by atoms with Gasteiger partial charge in [-0.15, -0.1) is 0 Å². The summed E-state index contributed by atoms with van der Waals surface area (Å²) in [7, 11) is -3.67. The minimum absolute atomic E-state index is 0.0312. The summed E-state index contributed by atoms with van der Waals surface area (Å²) in [4.78, 5) is 13.5. The first-order chi connectivity index (χ1) is 14.2. The molecule has 0 spiro atoms. The zero-order valence-electron chi connectivity index (χ0n) is 17.6. The highest BCUT2D eigenvalue weighted by Crippen LogP contribution is 2.55. The van der Waals surface area contributed by atoms with Crippen molar-refractivity contribution in [2.45, 2.75) is 68.7 Å². The van der Waals surface area contributed by atoms with Gasteiger partial charge in [0, 0.05) is 23.7 Å². The molecule has 1 atom stereocenters. The van der Waals surface area contributed by atoms with E-state index >= 15 is 0 Å². The van der Waals surface area contributed by atoms with Gasteiger partial charge in [-0.25, -0.2) is 8.42 Å². The Bertz CT molecular complexity index is 926. The Morgan fingerprint density at radius 3 is 2.40 bits per heavy atom. The van der Waals surface area contributed by atoms with Gasteiger partial charge in [0.15, 0.2) is 0 Å². The van der Waals surface area contributed by atoms with Crippen LogP contribution in [-0.2, 0) is 14.8 Å². The predicted molar refractivity (Wildman–Crippen MR) is 117 cm³/mol. The Hall–Kier alpha value is -1.11. The van der Waals surface area contributed by atoms with Crippen LogP contribution in [-0.4, -0.2) is 37.3 Å². The lowest BCUT2D eigenvalue weighted by molar-refractivity contribution is -0.131. The number of benzene rings is 1. The molecular formula is C23H31ClN2O3S. The van der Waals surface area contributed by atoms with Crippen LogP contribution in [0.25, 0.3) is 0 Å². The van der Waals surface area contributed by atoms with Gasteiger partial charge in [-0.2, -0.15) is 4.31 Å². The molecule has 1 N–H and O–H groups in total. The highest BCUT2D eigenvalue weighted by Gasteiger charge is 2.52. The van der Waals surface area contributed by atoms with Crippen molar-refractivity contribution < 1.29 is 13.2 Å². The molecule has 4 saturated carbocycles. The van der Waals surface area contributed by atoms with Gasteiger partial charge in [0.2, 0.25) is 15.9 Å². The van der Waals surface area contributed by atoms with E-state index in [1.165, 1.54) is 29.6 Å². The largest absolute Gasteiger partial charge is 0.350 e. The molecule has 1 amide bonds. The van der Waals surface area contributed by atoms with Crippen molar-refractivity contribution in [3.63, 3.8) is 0 Å². The molecule has 1 aromatic carbocycles. The molecule has 0 aromatic heterocycles. The lowest BCUT2D eigenvalue weighted by atomic mass is 9.53. The fourth-order valence-electron chi connectivity index (χ4n) is 6.99. The van der Waals surface area contributed by atoms with Crippen LogP contribution >= 0.6 is 11.6 Å². The molecule has 1 aromatic rings. The number of amides is 1. The Balaban J connectivity index is 1.31. The van der Waals surface area contributed by atoms with E-state index in [9.17, 15) is 13.2 Å². The molecule has 0 radical (unpaired) electrons. The van der Waals surface area contributed by atoms with Crippen molar-refractivity contribution in [1.29, 1.82) is 0 Å². The average Bonchev–Trinajstić information content (AvgIpc) is 2.68. The highest BCUT2D eigenvalue weighted by molar-refractivity contribution is 7.89. The molecule has 1 aliphatic heterocycles. The van der Waals surface area contributed by atoms with Gasteiger partial charge < -0.3 is 5.32 Å². The first kappa shape index (κ1) is 20.8. The molecular weight excluding hydrogens is 420 g/mol. The van der Waals surface area contributed by atoms with E-state index in [1.54, 1.807) is 19.1 Å². The number of halogens is 1. The highest BCUT2D eigenvalue weighted by atomic mass is 35.5. The molecule has 7 heteroatoms. The summed E-state index contributed by atoms with van der Waals surface area (Å²) in [5.74, 6) is 2.09. The quantitative estimate of drug-likeness (QED) is 0.749. The maximum atomic E-state index is 13.3. The molecule has 164 valence electrons. The third kappa shape index (κ3) is 3.69. The van der Waals surface area contributed by atoms with Crippen molar-refractivity contribution in [3.05, 3.63) is 28.8 Å². The van der Waals surface area contributed by atoms with Crippen LogP contribution in [0.2, 0.25) is 5.02 Å². The molecule has 5 nitrogen and oxygen atoms in total. The number of aryl methyl sites for hydroxylation is 1. The second-order valence-corrected chi connectivity index (χ2v) is 12.6. The third-order valence-corrected chi connectivity index (χ3v) is 10.2. The standard InChI is InChI=1S/C23H31ClN2O3S/c1-15-4-5-20(24)10-21(15)30(28,29)26-6-2-3-19(14-26)22(27)25-23-11-16-7-17(12-23)9-18(8-16)13-23/h4-5,10,16-19H,2-3,6-9,11-14H2,1H3,(H,25,27)/t16?,17?,18?,19-,23?/m0/s1. The molecule has 1 heterocycles. The smallest absolute Gasteiger partial charge is 0.243 e. The maximum Gasteiger partial charge on any atom is 0.243 e. The van der Waals surface area contributed by atoms with Crippen LogP contribution in [0.5, 0.6) is 0 Å². The zero-order valence-corrected chi connectivity index (χ0v) is 19.1. The van der Waals surface area contributed by atoms with Gasteiger partial charge in [-0.1, -0.05) is 17.7 Å². The summed E-state index contributed by atoms with van der Waals surface area (Å²) in [5, 5.41) is 3.85. The fourth-order valence-corrected chi connectivity index (χ4v) is 9.00. The molecule has 6 rings (SSSR count). The second kappa shape index (κ2) is 7.49. The van der Waals surface area contributed by atoms with Gasteiger partial charge >= 0.3 is 0 Å². The Labute approximate surface area is 184 Å². The summed E-state index contributed by atoms with van der Waals surface area (Å²) in [6.45, 7) is 2.49. The second-order valence-electron chi connectivity index (χ2n) is 10.3. The van der Waals surface area contributed by atoms with E-state index in [0.29, 0.717) is 23.6 Å². The van der Waals surface area contributed by atoms with Gasteiger partial charge in [0.05, 0.1) is 10.8 Å². The van der Waals surface area contributed by atoms with Gasteiger partial charge in [0.25, 0.3) is 0 Å². The first-order valence-electron chi connectivity index (χ1n) is 11.3. The Morgan fingerprint density at radius 2 is 1.77 bits per heavy atom. The molecule has 4 aliphatic carbocycles. The monoisotopic (exact) mass is 450 g/mol. The lowest BCUT2D eigenvalue weighted by Crippen LogP contribution is -2.61. The third-order valence-electron chi connectivity index (χ3n) is 7.95.